The SMILES string of the molecule is C#C.C=C(N/C(C)=C/C(C)=C(\C)CCCCC1(C(=C)NCC(F)(F)F)c2ccccc2-c2ccccc21)c1ccccc1-c1ccc(C(F)(F)F)cc1. The van der Waals surface area contributed by atoms with Crippen LogP contribution in [-0.4, -0.2) is 12.7 Å². The second-order valence-electron chi connectivity index (χ2n) is 13.2. The highest BCUT2D eigenvalue weighted by Crippen LogP contribution is 2.54. The number of terminal acetylenes is 1. The van der Waals surface area contributed by atoms with Crippen LogP contribution in [0.4, 0.5) is 26.3 Å². The van der Waals surface area contributed by atoms with E-state index in [-0.39, 0.29) is 0 Å². The Hall–Kier alpha value is -5.42. The minimum atomic E-state index is -4.41. The highest BCUT2D eigenvalue weighted by molar-refractivity contribution is 5.83. The number of benzene rings is 4. The van der Waals surface area contributed by atoms with E-state index in [4.69, 9.17) is 0 Å². The average Bonchev–Trinajstić information content (AvgIpc) is 3.43. The second kappa shape index (κ2) is 16.9. The van der Waals surface area contributed by atoms with Gasteiger partial charge in [-0.05, 0) is 91.6 Å². The molecule has 2 N–H and O–H groups in total. The van der Waals surface area contributed by atoms with Crippen LogP contribution in [0.5, 0.6) is 0 Å². The van der Waals surface area contributed by atoms with Gasteiger partial charge >= 0.3 is 12.4 Å². The zero-order chi connectivity index (χ0) is 39.0. The van der Waals surface area contributed by atoms with E-state index in [1.807, 2.05) is 92.7 Å². The Morgan fingerprint density at radius 3 is 1.79 bits per heavy atom. The van der Waals surface area contributed by atoms with E-state index in [2.05, 4.69) is 43.6 Å². The van der Waals surface area contributed by atoms with Gasteiger partial charge in [0.1, 0.15) is 6.54 Å². The minimum Gasteiger partial charge on any atom is -0.379 e. The number of allylic oxidation sites excluding steroid dienone is 5. The largest absolute Gasteiger partial charge is 0.416 e. The van der Waals surface area contributed by atoms with Gasteiger partial charge in [-0.15, -0.1) is 12.8 Å². The predicted molar refractivity (Wildman–Crippen MR) is 205 cm³/mol. The van der Waals surface area contributed by atoms with Crippen molar-refractivity contribution in [2.75, 3.05) is 6.54 Å². The third-order valence-corrected chi connectivity index (χ3v) is 9.66. The number of hydrogen-bond donors (Lipinski definition) is 2. The van der Waals surface area contributed by atoms with Gasteiger partial charge < -0.3 is 10.6 Å². The summed E-state index contributed by atoms with van der Waals surface area (Å²) in [5.74, 6) is 0. The molecular formula is C45H44F6N2. The Kier molecular flexibility index (Phi) is 12.9. The van der Waals surface area contributed by atoms with Crippen molar-refractivity contribution < 1.29 is 26.3 Å². The lowest BCUT2D eigenvalue weighted by atomic mass is 9.71. The van der Waals surface area contributed by atoms with Crippen molar-refractivity contribution in [2.24, 2.45) is 0 Å². The van der Waals surface area contributed by atoms with E-state index in [0.29, 0.717) is 23.4 Å². The monoisotopic (exact) mass is 726 g/mol. The summed E-state index contributed by atoms with van der Waals surface area (Å²) in [5, 5.41) is 5.98. The molecule has 0 amide bonds. The zero-order valence-electron chi connectivity index (χ0n) is 30.2. The molecule has 5 rings (SSSR count). The van der Waals surface area contributed by atoms with E-state index >= 15 is 0 Å². The Bertz CT molecular complexity index is 1960. The predicted octanol–water partition coefficient (Wildman–Crippen LogP) is 12.6. The zero-order valence-corrected chi connectivity index (χ0v) is 30.2. The maximum Gasteiger partial charge on any atom is 0.416 e. The normalized spacial score (nSPS) is 13.8. The molecule has 0 spiro atoms. The molecule has 53 heavy (non-hydrogen) atoms. The van der Waals surface area contributed by atoms with Crippen molar-refractivity contribution in [1.82, 2.24) is 10.6 Å². The molecule has 8 heteroatoms. The highest BCUT2D eigenvalue weighted by Gasteiger charge is 2.45. The lowest BCUT2D eigenvalue weighted by molar-refractivity contribution is -0.137. The summed E-state index contributed by atoms with van der Waals surface area (Å²) in [6, 6.07) is 28.3. The molecule has 0 fully saturated rings. The summed E-state index contributed by atoms with van der Waals surface area (Å²) in [6.45, 7) is 13.3. The van der Waals surface area contributed by atoms with Gasteiger partial charge in [-0.2, -0.15) is 26.3 Å². The summed E-state index contributed by atoms with van der Waals surface area (Å²) in [6.07, 6.45) is 4.25. The summed E-state index contributed by atoms with van der Waals surface area (Å²) in [4.78, 5) is 0. The fraction of sp³-hybridized carbons (Fsp3) is 0.244. The first-order chi connectivity index (χ1) is 25.1. The van der Waals surface area contributed by atoms with Gasteiger partial charge in [0.2, 0.25) is 0 Å². The van der Waals surface area contributed by atoms with Crippen molar-refractivity contribution in [1.29, 1.82) is 0 Å². The van der Waals surface area contributed by atoms with Crippen LogP contribution in [0.2, 0.25) is 0 Å². The fourth-order valence-electron chi connectivity index (χ4n) is 7.03. The van der Waals surface area contributed by atoms with Crippen LogP contribution in [-0.2, 0) is 11.6 Å². The summed E-state index contributed by atoms with van der Waals surface area (Å²) < 4.78 is 79.3. The topological polar surface area (TPSA) is 24.1 Å². The lowest BCUT2D eigenvalue weighted by Crippen LogP contribution is -2.39. The van der Waals surface area contributed by atoms with E-state index < -0.39 is 29.9 Å². The number of alkyl halides is 6. The van der Waals surface area contributed by atoms with Gasteiger partial charge in [0.25, 0.3) is 0 Å². The van der Waals surface area contributed by atoms with Gasteiger partial charge in [0, 0.05) is 22.7 Å². The van der Waals surface area contributed by atoms with Gasteiger partial charge in [0.15, 0.2) is 0 Å². The van der Waals surface area contributed by atoms with Gasteiger partial charge in [0.05, 0.1) is 11.0 Å². The molecule has 2 nitrogen and oxygen atoms in total. The van der Waals surface area contributed by atoms with Crippen LogP contribution >= 0.6 is 0 Å². The molecule has 0 unspecified atom stereocenters. The quantitative estimate of drug-likeness (QED) is 0.0620. The molecule has 276 valence electrons. The molecule has 0 bridgehead atoms. The molecule has 0 heterocycles. The van der Waals surface area contributed by atoms with Crippen LogP contribution in [0.3, 0.4) is 0 Å². The van der Waals surface area contributed by atoms with E-state index in [1.54, 1.807) is 0 Å². The number of nitrogens with one attached hydrogen (secondary N) is 2. The number of rotatable bonds is 13. The summed E-state index contributed by atoms with van der Waals surface area (Å²) in [5.41, 5.74) is 8.77. The van der Waals surface area contributed by atoms with Gasteiger partial charge in [-0.25, -0.2) is 0 Å². The second-order valence-corrected chi connectivity index (χ2v) is 13.2. The van der Waals surface area contributed by atoms with Crippen LogP contribution < -0.4 is 10.6 Å². The molecule has 1 aliphatic rings. The molecule has 4 aromatic carbocycles. The third-order valence-electron chi connectivity index (χ3n) is 9.66. The molecule has 0 atom stereocenters. The lowest BCUT2D eigenvalue weighted by Gasteiger charge is -2.35. The third kappa shape index (κ3) is 9.34. The van der Waals surface area contributed by atoms with Crippen molar-refractivity contribution in [2.45, 2.75) is 64.2 Å². The van der Waals surface area contributed by atoms with Crippen molar-refractivity contribution in [3.05, 3.63) is 161 Å². The molecule has 0 aromatic heterocycles. The Morgan fingerprint density at radius 1 is 0.717 bits per heavy atom. The Balaban J connectivity index is 0.00000308. The molecule has 0 aliphatic heterocycles. The van der Waals surface area contributed by atoms with Crippen molar-refractivity contribution in [3.8, 4) is 35.1 Å². The Labute approximate surface area is 309 Å². The van der Waals surface area contributed by atoms with Crippen LogP contribution in [0.25, 0.3) is 28.0 Å². The number of halogens is 6. The molecule has 1 aliphatic carbocycles. The first kappa shape index (κ1) is 40.4. The number of hydrogen-bond acceptors (Lipinski definition) is 2. The fourth-order valence-corrected chi connectivity index (χ4v) is 7.03. The first-order valence-electron chi connectivity index (χ1n) is 17.2. The van der Waals surface area contributed by atoms with E-state index in [9.17, 15) is 26.3 Å². The summed E-state index contributed by atoms with van der Waals surface area (Å²) in [7, 11) is 0. The van der Waals surface area contributed by atoms with Crippen molar-refractivity contribution >= 4 is 5.70 Å². The minimum absolute atomic E-state index is 0.352. The molecule has 4 aromatic rings. The maximum atomic E-state index is 13.3. The van der Waals surface area contributed by atoms with Crippen LogP contribution in [0.1, 0.15) is 68.7 Å². The average molecular weight is 727 g/mol. The van der Waals surface area contributed by atoms with E-state index in [0.717, 1.165) is 76.0 Å². The molecule has 0 saturated carbocycles. The summed E-state index contributed by atoms with van der Waals surface area (Å²) >= 11 is 0. The van der Waals surface area contributed by atoms with Crippen LogP contribution in [0.15, 0.2) is 139 Å². The Morgan fingerprint density at radius 2 is 1.25 bits per heavy atom. The standard InChI is InChI=1S/C43H42F6N2.C2H2/c1-28(29(2)26-30(3)51-31(4)35-15-6-7-16-36(35)33-21-23-34(24-22-33)43(47,48)49)14-12-13-25-41(32(5)50-27-42(44,45)46)39-19-10-8-17-37(39)38-18-9-11-20-40(38)41;1-2/h6-11,15-24,26,50-51H,4-5,12-14,25,27H2,1-3H3;1-2H/b29-28+,30-26+;. The van der Waals surface area contributed by atoms with Gasteiger partial charge in [-0.1, -0.05) is 116 Å². The van der Waals surface area contributed by atoms with Crippen molar-refractivity contribution in [3.63, 3.8) is 0 Å². The molecule has 0 radical (unpaired) electrons. The molecular weight excluding hydrogens is 682 g/mol. The van der Waals surface area contributed by atoms with Crippen LogP contribution in [0, 0.1) is 12.8 Å². The van der Waals surface area contributed by atoms with Gasteiger partial charge in [-0.3, -0.25) is 0 Å². The van der Waals surface area contributed by atoms with E-state index in [1.165, 1.54) is 17.7 Å². The number of fused-ring (bicyclic) bond motifs is 3. The maximum absolute atomic E-state index is 13.3. The number of unbranched alkanes of at least 4 members (excludes halogenated alkanes) is 1. The molecule has 0 saturated heterocycles. The smallest absolute Gasteiger partial charge is 0.379 e. The first-order valence-corrected chi connectivity index (χ1v) is 17.2. The highest BCUT2D eigenvalue weighted by atomic mass is 19.4.